The second-order valence-corrected chi connectivity index (χ2v) is 5.49. The number of aromatic nitrogens is 2. The molecule has 1 aromatic carbocycles. The summed E-state index contributed by atoms with van der Waals surface area (Å²) in [7, 11) is 0. The normalized spacial score (nSPS) is 12.4. The molecule has 0 aliphatic rings. The minimum Gasteiger partial charge on any atom is -0.300 e. The Kier molecular flexibility index (Phi) is 2.02. The Morgan fingerprint density at radius 2 is 1.82 bits per heavy atom. The fraction of sp³-hybridized carbons (Fsp3) is 0.267. The van der Waals surface area contributed by atoms with E-state index in [2.05, 4.69) is 60.6 Å². The molecule has 2 aromatic heterocycles. The molecular formula is C15H16N2. The number of imidazole rings is 1. The molecule has 0 saturated heterocycles. The number of fused-ring (bicyclic) bond motifs is 3. The molecule has 0 aliphatic heterocycles. The highest BCUT2D eigenvalue weighted by Gasteiger charge is 2.14. The van der Waals surface area contributed by atoms with Crippen LogP contribution in [0.3, 0.4) is 0 Å². The number of nitrogens with zero attached hydrogens (tertiary/aromatic N) is 2. The van der Waals surface area contributed by atoms with E-state index in [9.17, 15) is 0 Å². The maximum Gasteiger partial charge on any atom is 0.138 e. The topological polar surface area (TPSA) is 17.3 Å². The summed E-state index contributed by atoms with van der Waals surface area (Å²) in [5.74, 6) is 0. The zero-order valence-electron chi connectivity index (χ0n) is 10.4. The van der Waals surface area contributed by atoms with Gasteiger partial charge in [-0.25, -0.2) is 4.98 Å². The van der Waals surface area contributed by atoms with E-state index in [1.165, 1.54) is 11.1 Å². The van der Waals surface area contributed by atoms with Gasteiger partial charge in [-0.1, -0.05) is 32.9 Å². The zero-order chi connectivity index (χ0) is 12.0. The highest BCUT2D eigenvalue weighted by Crippen LogP contribution is 2.24. The van der Waals surface area contributed by atoms with Crippen molar-refractivity contribution in [3.8, 4) is 0 Å². The molecule has 0 amide bonds. The van der Waals surface area contributed by atoms with Crippen LogP contribution in [0.15, 0.2) is 42.6 Å². The summed E-state index contributed by atoms with van der Waals surface area (Å²) in [5, 5.41) is 0. The van der Waals surface area contributed by atoms with Crippen molar-refractivity contribution in [1.29, 1.82) is 0 Å². The average Bonchev–Trinajstić information content (AvgIpc) is 2.65. The monoisotopic (exact) mass is 224 g/mol. The quantitative estimate of drug-likeness (QED) is 0.568. The number of hydrogen-bond acceptors (Lipinski definition) is 1. The maximum absolute atomic E-state index is 4.65. The van der Waals surface area contributed by atoms with Gasteiger partial charge in [0.25, 0.3) is 0 Å². The zero-order valence-corrected chi connectivity index (χ0v) is 10.4. The molecule has 0 atom stereocenters. The molecule has 0 N–H and O–H groups in total. The van der Waals surface area contributed by atoms with E-state index in [4.69, 9.17) is 0 Å². The Balaban J connectivity index is 2.34. The number of rotatable bonds is 0. The lowest BCUT2D eigenvalue weighted by molar-refractivity contribution is 0.590. The van der Waals surface area contributed by atoms with Gasteiger partial charge in [-0.05, 0) is 35.2 Å². The molecule has 0 aliphatic carbocycles. The van der Waals surface area contributed by atoms with Crippen molar-refractivity contribution in [2.24, 2.45) is 0 Å². The van der Waals surface area contributed by atoms with E-state index < -0.39 is 0 Å². The lowest BCUT2D eigenvalue weighted by Crippen LogP contribution is -2.11. The fourth-order valence-electron chi connectivity index (χ4n) is 2.13. The van der Waals surface area contributed by atoms with Gasteiger partial charge in [0.2, 0.25) is 0 Å². The molecule has 17 heavy (non-hydrogen) atoms. The molecule has 0 saturated carbocycles. The lowest BCUT2D eigenvalue weighted by atomic mass is 9.88. The van der Waals surface area contributed by atoms with Gasteiger partial charge in [-0.15, -0.1) is 0 Å². The van der Waals surface area contributed by atoms with Gasteiger partial charge in [-0.2, -0.15) is 0 Å². The van der Waals surface area contributed by atoms with Crippen molar-refractivity contribution in [3.05, 3.63) is 48.2 Å². The smallest absolute Gasteiger partial charge is 0.138 e. The summed E-state index contributed by atoms with van der Waals surface area (Å²) in [6, 6.07) is 12.6. The largest absolute Gasteiger partial charge is 0.300 e. The fourth-order valence-corrected chi connectivity index (χ4v) is 2.13. The van der Waals surface area contributed by atoms with E-state index in [0.29, 0.717) is 0 Å². The summed E-state index contributed by atoms with van der Waals surface area (Å²) in [4.78, 5) is 4.65. The molecule has 3 rings (SSSR count). The van der Waals surface area contributed by atoms with Crippen molar-refractivity contribution in [1.82, 2.24) is 9.38 Å². The van der Waals surface area contributed by atoms with E-state index in [0.717, 1.165) is 11.2 Å². The molecule has 0 unspecified atom stereocenters. The SMILES string of the molecule is CC(C)(C)c1ccn2c(c1)nc1ccccc12. The van der Waals surface area contributed by atoms with Crippen molar-refractivity contribution < 1.29 is 0 Å². The molecule has 86 valence electrons. The molecule has 0 bridgehead atoms. The van der Waals surface area contributed by atoms with Crippen LogP contribution in [0.2, 0.25) is 0 Å². The Bertz CT molecular complexity index is 687. The second kappa shape index (κ2) is 3.33. The lowest BCUT2D eigenvalue weighted by Gasteiger charge is -2.18. The first-order valence-electron chi connectivity index (χ1n) is 5.93. The van der Waals surface area contributed by atoms with Gasteiger partial charge in [0.05, 0.1) is 11.0 Å². The Morgan fingerprint density at radius 3 is 2.59 bits per heavy atom. The summed E-state index contributed by atoms with van der Waals surface area (Å²) >= 11 is 0. The molecule has 0 radical (unpaired) electrons. The van der Waals surface area contributed by atoms with Gasteiger partial charge in [-0.3, -0.25) is 4.40 Å². The average molecular weight is 224 g/mol. The first-order chi connectivity index (χ1) is 8.05. The third kappa shape index (κ3) is 1.60. The van der Waals surface area contributed by atoms with E-state index in [1.54, 1.807) is 0 Å². The summed E-state index contributed by atoms with van der Waals surface area (Å²) in [6.45, 7) is 6.67. The highest BCUT2D eigenvalue weighted by atomic mass is 15.0. The van der Waals surface area contributed by atoms with Crippen LogP contribution in [0.4, 0.5) is 0 Å². The minimum atomic E-state index is 0.167. The third-order valence-electron chi connectivity index (χ3n) is 3.18. The highest BCUT2D eigenvalue weighted by molar-refractivity contribution is 5.80. The van der Waals surface area contributed by atoms with Crippen molar-refractivity contribution in [3.63, 3.8) is 0 Å². The molecule has 2 nitrogen and oxygen atoms in total. The van der Waals surface area contributed by atoms with Crippen LogP contribution in [-0.2, 0) is 5.41 Å². The molecular weight excluding hydrogens is 208 g/mol. The Morgan fingerprint density at radius 1 is 1.06 bits per heavy atom. The molecule has 2 heterocycles. The standard InChI is InChI=1S/C15H16N2/c1-15(2,3)11-8-9-17-13-7-5-4-6-12(13)16-14(17)10-11/h4-10H,1-3H3. The molecule has 2 heteroatoms. The van der Waals surface area contributed by atoms with Gasteiger partial charge < -0.3 is 0 Å². The van der Waals surface area contributed by atoms with Gasteiger partial charge in [0.15, 0.2) is 0 Å². The van der Waals surface area contributed by atoms with Crippen LogP contribution in [0, 0.1) is 0 Å². The van der Waals surface area contributed by atoms with Crippen molar-refractivity contribution in [2.45, 2.75) is 26.2 Å². The second-order valence-electron chi connectivity index (χ2n) is 5.49. The predicted molar refractivity (Wildman–Crippen MR) is 71.4 cm³/mol. The number of benzene rings is 1. The van der Waals surface area contributed by atoms with E-state index in [1.807, 2.05) is 12.1 Å². The Hall–Kier alpha value is -1.83. The van der Waals surface area contributed by atoms with Crippen LogP contribution in [0.5, 0.6) is 0 Å². The minimum absolute atomic E-state index is 0.167. The molecule has 0 fully saturated rings. The van der Waals surface area contributed by atoms with Crippen molar-refractivity contribution >= 4 is 16.7 Å². The summed E-state index contributed by atoms with van der Waals surface area (Å²) in [5.41, 5.74) is 4.74. The summed E-state index contributed by atoms with van der Waals surface area (Å²) < 4.78 is 2.14. The number of hydrogen-bond donors (Lipinski definition) is 0. The van der Waals surface area contributed by atoms with Crippen LogP contribution in [-0.4, -0.2) is 9.38 Å². The number of pyridine rings is 1. The van der Waals surface area contributed by atoms with Crippen molar-refractivity contribution in [2.75, 3.05) is 0 Å². The number of para-hydroxylation sites is 2. The van der Waals surface area contributed by atoms with Gasteiger partial charge in [0, 0.05) is 6.20 Å². The van der Waals surface area contributed by atoms with Gasteiger partial charge in [0.1, 0.15) is 5.65 Å². The predicted octanol–water partition coefficient (Wildman–Crippen LogP) is 3.79. The molecule has 3 aromatic rings. The third-order valence-corrected chi connectivity index (χ3v) is 3.18. The van der Waals surface area contributed by atoms with Crippen LogP contribution < -0.4 is 0 Å². The first-order valence-corrected chi connectivity index (χ1v) is 5.93. The van der Waals surface area contributed by atoms with E-state index >= 15 is 0 Å². The maximum atomic E-state index is 4.65. The summed E-state index contributed by atoms with van der Waals surface area (Å²) in [6.07, 6.45) is 2.12. The van der Waals surface area contributed by atoms with Gasteiger partial charge >= 0.3 is 0 Å². The van der Waals surface area contributed by atoms with E-state index in [-0.39, 0.29) is 5.41 Å². The van der Waals surface area contributed by atoms with Crippen LogP contribution in [0.25, 0.3) is 16.7 Å². The van der Waals surface area contributed by atoms with Crippen LogP contribution >= 0.6 is 0 Å². The first kappa shape index (κ1) is 10.3. The molecule has 0 spiro atoms. The Labute approximate surface area is 101 Å². The van der Waals surface area contributed by atoms with Crippen LogP contribution in [0.1, 0.15) is 26.3 Å².